The Morgan fingerprint density at radius 1 is 1.33 bits per heavy atom. The summed E-state index contributed by atoms with van der Waals surface area (Å²) in [6, 6.07) is 9.84. The van der Waals surface area contributed by atoms with Gasteiger partial charge in [0.05, 0.1) is 18.2 Å². The number of nitro benzene ring substituents is 1. The molecule has 0 atom stereocenters. The van der Waals surface area contributed by atoms with Crippen molar-refractivity contribution in [1.82, 2.24) is 5.43 Å². The van der Waals surface area contributed by atoms with Gasteiger partial charge in [-0.1, -0.05) is 19.1 Å². The summed E-state index contributed by atoms with van der Waals surface area (Å²) in [5.41, 5.74) is 3.16. The molecule has 142 valence electrons. The Kier molecular flexibility index (Phi) is 6.70. The number of hydrazone groups is 1. The van der Waals surface area contributed by atoms with Crippen molar-refractivity contribution in [3.8, 4) is 17.2 Å². The van der Waals surface area contributed by atoms with Gasteiger partial charge in [0.1, 0.15) is 5.75 Å². The average Bonchev–Trinajstić information content (AvgIpc) is 2.67. The number of nitrogens with zero attached hydrogens (tertiary/aromatic N) is 2. The lowest BCUT2D eigenvalue weighted by atomic mass is 10.2. The largest absolute Gasteiger partial charge is 0.500 e. The zero-order chi connectivity index (χ0) is 19.8. The normalized spacial score (nSPS) is 10.6. The van der Waals surface area contributed by atoms with E-state index >= 15 is 0 Å². The minimum absolute atomic E-state index is 0.0733. The first-order valence-electron chi connectivity index (χ1n) is 8.03. The lowest BCUT2D eigenvalue weighted by molar-refractivity contribution is -0.386. The second-order valence-corrected chi connectivity index (χ2v) is 5.43. The molecule has 2 aromatic carbocycles. The summed E-state index contributed by atoms with van der Waals surface area (Å²) in [6.45, 7) is 1.81. The maximum absolute atomic E-state index is 11.8. The molecule has 27 heavy (non-hydrogen) atoms. The maximum atomic E-state index is 11.8. The summed E-state index contributed by atoms with van der Waals surface area (Å²) in [6.07, 6.45) is 2.11. The first-order valence-corrected chi connectivity index (χ1v) is 8.03. The van der Waals surface area contributed by atoms with Crippen molar-refractivity contribution in [2.24, 2.45) is 5.10 Å². The lowest BCUT2D eigenvalue weighted by Crippen LogP contribution is -2.24. The van der Waals surface area contributed by atoms with Crippen molar-refractivity contribution in [2.45, 2.75) is 13.3 Å². The van der Waals surface area contributed by atoms with E-state index in [0.717, 1.165) is 18.1 Å². The highest BCUT2D eigenvalue weighted by molar-refractivity contribution is 5.85. The van der Waals surface area contributed by atoms with E-state index in [1.807, 2.05) is 19.1 Å². The van der Waals surface area contributed by atoms with Gasteiger partial charge in [-0.05, 0) is 30.2 Å². The van der Waals surface area contributed by atoms with E-state index in [1.54, 1.807) is 12.1 Å². The van der Waals surface area contributed by atoms with Gasteiger partial charge in [-0.2, -0.15) is 5.10 Å². The topological polar surface area (TPSA) is 123 Å². The van der Waals surface area contributed by atoms with Crippen molar-refractivity contribution in [1.29, 1.82) is 0 Å². The number of ether oxygens (including phenoxy) is 2. The van der Waals surface area contributed by atoms with Crippen molar-refractivity contribution in [3.63, 3.8) is 0 Å². The molecule has 0 saturated carbocycles. The van der Waals surface area contributed by atoms with E-state index in [1.165, 1.54) is 19.4 Å². The third-order valence-corrected chi connectivity index (χ3v) is 3.60. The molecule has 0 bridgehead atoms. The Balaban J connectivity index is 1.94. The second kappa shape index (κ2) is 9.18. The fourth-order valence-corrected chi connectivity index (χ4v) is 2.16. The van der Waals surface area contributed by atoms with Crippen LogP contribution in [0.3, 0.4) is 0 Å². The summed E-state index contributed by atoms with van der Waals surface area (Å²) < 4.78 is 10.2. The highest BCUT2D eigenvalue weighted by atomic mass is 16.6. The molecule has 0 heterocycles. The number of phenols is 1. The highest BCUT2D eigenvalue weighted by Gasteiger charge is 2.19. The molecule has 2 aromatic rings. The van der Waals surface area contributed by atoms with Gasteiger partial charge in [0, 0.05) is 11.6 Å². The molecule has 0 aromatic heterocycles. The van der Waals surface area contributed by atoms with Gasteiger partial charge in [-0.3, -0.25) is 14.9 Å². The first-order chi connectivity index (χ1) is 12.9. The smallest absolute Gasteiger partial charge is 0.315 e. The Morgan fingerprint density at radius 2 is 2.04 bits per heavy atom. The molecule has 0 unspecified atom stereocenters. The summed E-state index contributed by atoms with van der Waals surface area (Å²) in [5, 5.41) is 24.4. The Bertz CT molecular complexity index is 849. The van der Waals surface area contributed by atoms with E-state index in [2.05, 4.69) is 10.5 Å². The van der Waals surface area contributed by atoms with Crippen molar-refractivity contribution >= 4 is 17.8 Å². The number of nitrogens with one attached hydrogen (secondary N) is 1. The number of nitro groups is 1. The van der Waals surface area contributed by atoms with Gasteiger partial charge in [0.25, 0.3) is 5.91 Å². The van der Waals surface area contributed by atoms with Crippen LogP contribution in [0.15, 0.2) is 41.5 Å². The van der Waals surface area contributed by atoms with Crippen LogP contribution < -0.4 is 14.9 Å². The van der Waals surface area contributed by atoms with Crippen LogP contribution in [0.25, 0.3) is 0 Å². The molecule has 0 saturated heterocycles. The third-order valence-electron chi connectivity index (χ3n) is 3.60. The van der Waals surface area contributed by atoms with Crippen LogP contribution in [0.4, 0.5) is 5.69 Å². The third kappa shape index (κ3) is 5.43. The molecule has 0 fully saturated rings. The SMILES string of the molecule is CCc1ccc(OCC(=O)N/N=C\c2cc(OC)c(O)c([N+](=O)[O-])c2)cc1. The number of methoxy groups -OCH3 is 1. The number of carbonyl (C=O) groups is 1. The van der Waals surface area contributed by atoms with Gasteiger partial charge >= 0.3 is 5.69 Å². The molecular formula is C18H19N3O6. The molecule has 0 aliphatic heterocycles. The van der Waals surface area contributed by atoms with Gasteiger partial charge in [-0.15, -0.1) is 0 Å². The van der Waals surface area contributed by atoms with E-state index in [9.17, 15) is 20.0 Å². The fraction of sp³-hybridized carbons (Fsp3) is 0.222. The molecule has 0 spiro atoms. The van der Waals surface area contributed by atoms with Crippen LogP contribution in [0, 0.1) is 10.1 Å². The maximum Gasteiger partial charge on any atom is 0.315 e. The summed E-state index contributed by atoms with van der Waals surface area (Å²) in [4.78, 5) is 22.0. The molecule has 1 amide bonds. The molecule has 9 nitrogen and oxygen atoms in total. The molecule has 0 radical (unpaired) electrons. The first kappa shape index (κ1) is 19.7. The number of phenolic OH excluding ortho intramolecular Hbond substituents is 1. The molecule has 0 aliphatic carbocycles. The van der Waals surface area contributed by atoms with Crippen LogP contribution in [-0.4, -0.2) is 35.9 Å². The number of amides is 1. The highest BCUT2D eigenvalue weighted by Crippen LogP contribution is 2.36. The number of aryl methyl sites for hydroxylation is 1. The number of aromatic hydroxyl groups is 1. The van der Waals surface area contributed by atoms with Crippen molar-refractivity contribution in [2.75, 3.05) is 13.7 Å². The van der Waals surface area contributed by atoms with Gasteiger partial charge in [-0.25, -0.2) is 5.43 Å². The average molecular weight is 373 g/mol. The standard InChI is InChI=1S/C18H19N3O6/c1-3-12-4-6-14(7-5-12)27-11-17(22)20-19-10-13-8-15(21(24)25)18(23)16(9-13)26-2/h4-10,23H,3,11H2,1-2H3,(H,20,22)/b19-10-. The van der Waals surface area contributed by atoms with Crippen molar-refractivity contribution in [3.05, 3.63) is 57.6 Å². The van der Waals surface area contributed by atoms with Gasteiger partial charge < -0.3 is 14.6 Å². The van der Waals surface area contributed by atoms with Gasteiger partial charge in [0.15, 0.2) is 12.4 Å². The number of benzene rings is 2. The number of hydrogen-bond acceptors (Lipinski definition) is 7. The molecule has 2 N–H and O–H groups in total. The molecule has 2 rings (SSSR count). The number of hydrogen-bond donors (Lipinski definition) is 2. The predicted molar refractivity (Wildman–Crippen MR) is 98.4 cm³/mol. The number of carbonyl (C=O) groups excluding carboxylic acids is 1. The van der Waals surface area contributed by atoms with Gasteiger partial charge in [0.2, 0.25) is 5.75 Å². The Labute approximate surface area is 155 Å². The summed E-state index contributed by atoms with van der Waals surface area (Å²) in [5.74, 6) is -0.585. The van der Waals surface area contributed by atoms with Crippen LogP contribution in [0.1, 0.15) is 18.1 Å². The van der Waals surface area contributed by atoms with E-state index in [4.69, 9.17) is 9.47 Å². The van der Waals surface area contributed by atoms with E-state index in [0.29, 0.717) is 5.75 Å². The quantitative estimate of drug-likeness (QED) is 0.416. The second-order valence-electron chi connectivity index (χ2n) is 5.43. The minimum Gasteiger partial charge on any atom is -0.500 e. The van der Waals surface area contributed by atoms with Crippen LogP contribution in [0.5, 0.6) is 17.2 Å². The Morgan fingerprint density at radius 3 is 2.63 bits per heavy atom. The Hall–Kier alpha value is -3.62. The summed E-state index contributed by atoms with van der Waals surface area (Å²) in [7, 11) is 1.27. The van der Waals surface area contributed by atoms with E-state index in [-0.39, 0.29) is 17.9 Å². The zero-order valence-corrected chi connectivity index (χ0v) is 14.8. The minimum atomic E-state index is -0.745. The fourth-order valence-electron chi connectivity index (χ4n) is 2.16. The lowest BCUT2D eigenvalue weighted by Gasteiger charge is -2.06. The summed E-state index contributed by atoms with van der Waals surface area (Å²) >= 11 is 0. The van der Waals surface area contributed by atoms with Crippen molar-refractivity contribution < 1.29 is 24.3 Å². The molecule has 9 heteroatoms. The van der Waals surface area contributed by atoms with Crippen LogP contribution in [-0.2, 0) is 11.2 Å². The van der Waals surface area contributed by atoms with Crippen LogP contribution in [0.2, 0.25) is 0 Å². The van der Waals surface area contributed by atoms with E-state index < -0.39 is 22.3 Å². The zero-order valence-electron chi connectivity index (χ0n) is 14.8. The number of rotatable bonds is 8. The molecular weight excluding hydrogens is 354 g/mol. The monoisotopic (exact) mass is 373 g/mol. The molecule has 0 aliphatic rings. The predicted octanol–water partition coefficient (Wildman–Crippen LogP) is 2.40. The van der Waals surface area contributed by atoms with Crippen LogP contribution >= 0.6 is 0 Å².